The zero-order valence-electron chi connectivity index (χ0n) is 6.77. The van der Waals surface area contributed by atoms with Crippen LogP contribution in [0.2, 0.25) is 0 Å². The molecule has 0 aliphatic carbocycles. The van der Waals surface area contributed by atoms with Crippen LogP contribution in [0.4, 0.5) is 0 Å². The summed E-state index contributed by atoms with van der Waals surface area (Å²) in [6.45, 7) is 0. The van der Waals surface area contributed by atoms with Crippen molar-refractivity contribution in [2.24, 2.45) is 0 Å². The Morgan fingerprint density at radius 2 is 0.750 bits per heavy atom. The van der Waals surface area contributed by atoms with Crippen LogP contribution in [0.15, 0.2) is 60.7 Å². The molecule has 0 unspecified atom stereocenters. The van der Waals surface area contributed by atoms with Gasteiger partial charge in [0.15, 0.2) is 0 Å². The average molecular weight is 313 g/mol. The van der Waals surface area contributed by atoms with Gasteiger partial charge in [-0.15, -0.1) is 0 Å². The van der Waals surface area contributed by atoms with E-state index in [0.29, 0.717) is 0 Å². The Labute approximate surface area is 112 Å². The first-order chi connectivity index (χ1) is 5.00. The minimum absolute atomic E-state index is 0. The van der Waals surface area contributed by atoms with E-state index in [9.17, 15) is 0 Å². The van der Waals surface area contributed by atoms with E-state index in [1.165, 1.54) is 0 Å². The predicted molar refractivity (Wildman–Crippen MR) is 44.1 cm³/mol. The molecular formula is C10H10Zr2-2. The summed E-state index contributed by atoms with van der Waals surface area (Å²) in [5.74, 6) is 0. The van der Waals surface area contributed by atoms with Crippen molar-refractivity contribution in [3.8, 4) is 0 Å². The fraction of sp³-hybridized carbons (Fsp3) is 0. The maximum Gasteiger partial charge on any atom is 0 e. The summed E-state index contributed by atoms with van der Waals surface area (Å²) in [4.78, 5) is 0. The summed E-state index contributed by atoms with van der Waals surface area (Å²) >= 11 is 0. The van der Waals surface area contributed by atoms with E-state index in [1.807, 2.05) is 60.7 Å². The van der Waals surface area contributed by atoms with Gasteiger partial charge in [-0.25, -0.2) is 24.3 Å². The van der Waals surface area contributed by atoms with Gasteiger partial charge in [-0.1, -0.05) is 0 Å². The van der Waals surface area contributed by atoms with Crippen LogP contribution in [0.3, 0.4) is 0 Å². The van der Waals surface area contributed by atoms with Crippen molar-refractivity contribution >= 4 is 0 Å². The molecular weight excluding hydrogens is 303 g/mol. The molecule has 0 nitrogen and oxygen atoms in total. The SMILES string of the molecule is [Zr].[Zr].c1cc[cH-]c1.c1cc[cH-]c1. The molecule has 0 spiro atoms. The van der Waals surface area contributed by atoms with Gasteiger partial charge in [0.05, 0.1) is 0 Å². The van der Waals surface area contributed by atoms with E-state index in [0.717, 1.165) is 0 Å². The molecule has 0 saturated carbocycles. The van der Waals surface area contributed by atoms with Crippen LogP contribution in [-0.2, 0) is 52.4 Å². The van der Waals surface area contributed by atoms with Crippen molar-refractivity contribution in [1.82, 2.24) is 0 Å². The summed E-state index contributed by atoms with van der Waals surface area (Å²) in [6, 6.07) is 20.0. The minimum Gasteiger partial charge on any atom is -0.214 e. The first kappa shape index (κ1) is 15.0. The van der Waals surface area contributed by atoms with E-state index in [1.54, 1.807) is 0 Å². The van der Waals surface area contributed by atoms with E-state index in [2.05, 4.69) is 0 Å². The third kappa shape index (κ3) is 8.56. The van der Waals surface area contributed by atoms with Crippen molar-refractivity contribution in [2.45, 2.75) is 0 Å². The molecule has 0 amide bonds. The third-order valence-corrected chi connectivity index (χ3v) is 1.11. The van der Waals surface area contributed by atoms with Crippen LogP contribution in [0.5, 0.6) is 0 Å². The molecule has 0 N–H and O–H groups in total. The molecule has 0 bridgehead atoms. The van der Waals surface area contributed by atoms with Crippen LogP contribution >= 0.6 is 0 Å². The first-order valence-electron chi connectivity index (χ1n) is 3.33. The van der Waals surface area contributed by atoms with E-state index in [-0.39, 0.29) is 52.4 Å². The van der Waals surface area contributed by atoms with Crippen molar-refractivity contribution in [2.75, 3.05) is 0 Å². The first-order valence-corrected chi connectivity index (χ1v) is 3.33. The number of hydrogen-bond acceptors (Lipinski definition) is 0. The second-order valence-electron chi connectivity index (χ2n) is 1.92. The second kappa shape index (κ2) is 11.5. The van der Waals surface area contributed by atoms with Crippen molar-refractivity contribution in [3.05, 3.63) is 60.7 Å². The normalized spacial score (nSPS) is 6.67. The van der Waals surface area contributed by atoms with E-state index in [4.69, 9.17) is 0 Å². The van der Waals surface area contributed by atoms with Gasteiger partial charge in [0.2, 0.25) is 0 Å². The van der Waals surface area contributed by atoms with Gasteiger partial charge < -0.3 is 0 Å². The Kier molecular flexibility index (Phi) is 14.3. The van der Waals surface area contributed by atoms with Crippen LogP contribution in [-0.4, -0.2) is 0 Å². The Morgan fingerprint density at radius 3 is 0.833 bits per heavy atom. The molecule has 0 aromatic heterocycles. The summed E-state index contributed by atoms with van der Waals surface area (Å²) in [5.41, 5.74) is 0. The predicted octanol–water partition coefficient (Wildman–Crippen LogP) is 2.81. The largest absolute Gasteiger partial charge is 0.214 e. The molecule has 60 valence electrons. The van der Waals surface area contributed by atoms with Crippen LogP contribution in [0.1, 0.15) is 0 Å². The van der Waals surface area contributed by atoms with Gasteiger partial charge in [-0.2, -0.15) is 36.4 Å². The van der Waals surface area contributed by atoms with Gasteiger partial charge >= 0.3 is 0 Å². The van der Waals surface area contributed by atoms with Crippen molar-refractivity contribution in [1.29, 1.82) is 0 Å². The zero-order valence-corrected chi connectivity index (χ0v) is 11.7. The Bertz CT molecular complexity index is 147. The van der Waals surface area contributed by atoms with Gasteiger partial charge in [0, 0.05) is 52.4 Å². The average Bonchev–Trinajstić information content (AvgIpc) is 2.67. The van der Waals surface area contributed by atoms with E-state index >= 15 is 0 Å². The number of rotatable bonds is 0. The fourth-order valence-corrected chi connectivity index (χ4v) is 0.642. The maximum atomic E-state index is 2.00. The second-order valence-corrected chi connectivity index (χ2v) is 1.92. The smallest absolute Gasteiger partial charge is 0 e. The summed E-state index contributed by atoms with van der Waals surface area (Å²) < 4.78 is 0. The molecule has 2 aromatic rings. The zero-order chi connectivity index (χ0) is 7.07. The Morgan fingerprint density at radius 1 is 0.500 bits per heavy atom. The third-order valence-electron chi connectivity index (χ3n) is 1.11. The van der Waals surface area contributed by atoms with Crippen molar-refractivity contribution < 1.29 is 52.4 Å². The van der Waals surface area contributed by atoms with Gasteiger partial charge in [0.25, 0.3) is 0 Å². The van der Waals surface area contributed by atoms with Crippen LogP contribution in [0, 0.1) is 0 Å². The summed E-state index contributed by atoms with van der Waals surface area (Å²) in [7, 11) is 0. The fourth-order valence-electron chi connectivity index (χ4n) is 0.642. The molecule has 12 heavy (non-hydrogen) atoms. The Hall–Kier alpha value is 0.466. The van der Waals surface area contributed by atoms with Gasteiger partial charge in [0.1, 0.15) is 0 Å². The van der Waals surface area contributed by atoms with Gasteiger partial charge in [-0.3, -0.25) is 0 Å². The molecule has 0 heterocycles. The molecule has 0 radical (unpaired) electrons. The topological polar surface area (TPSA) is 0 Å². The quantitative estimate of drug-likeness (QED) is 0.656. The molecule has 2 heteroatoms. The molecule has 0 aliphatic heterocycles. The standard InChI is InChI=1S/2C5H5.2Zr/c2*1-2-4-5-3-1;;/h2*1-5H;;/q2*-1;;. The molecule has 2 aromatic carbocycles. The number of hydrogen-bond donors (Lipinski definition) is 0. The monoisotopic (exact) mass is 310 g/mol. The van der Waals surface area contributed by atoms with Crippen molar-refractivity contribution in [3.63, 3.8) is 0 Å². The Balaban J connectivity index is 0. The van der Waals surface area contributed by atoms with Crippen LogP contribution in [0.25, 0.3) is 0 Å². The molecule has 0 fully saturated rings. The summed E-state index contributed by atoms with van der Waals surface area (Å²) in [5, 5.41) is 0. The summed E-state index contributed by atoms with van der Waals surface area (Å²) in [6.07, 6.45) is 0. The maximum absolute atomic E-state index is 2.00. The molecule has 0 aliphatic rings. The molecule has 0 atom stereocenters. The molecule has 0 saturated heterocycles. The van der Waals surface area contributed by atoms with Gasteiger partial charge in [-0.05, 0) is 0 Å². The van der Waals surface area contributed by atoms with E-state index < -0.39 is 0 Å². The molecule has 2 rings (SSSR count). The van der Waals surface area contributed by atoms with Crippen LogP contribution < -0.4 is 0 Å². The minimum atomic E-state index is 0.